The highest BCUT2D eigenvalue weighted by molar-refractivity contribution is 5.24. The van der Waals surface area contributed by atoms with Crippen molar-refractivity contribution in [2.24, 2.45) is 5.92 Å². The van der Waals surface area contributed by atoms with Gasteiger partial charge in [0, 0.05) is 17.3 Å². The van der Waals surface area contributed by atoms with Crippen molar-refractivity contribution in [2.75, 3.05) is 0 Å². The van der Waals surface area contributed by atoms with Gasteiger partial charge in [0.05, 0.1) is 0 Å². The molecule has 0 N–H and O–H groups in total. The molecule has 2 rings (SSSR count). The smallest absolute Gasteiger partial charge is 0.0437 e. The summed E-state index contributed by atoms with van der Waals surface area (Å²) in [6.07, 6.45) is 6.51. The van der Waals surface area contributed by atoms with Crippen LogP contribution in [0, 0.1) is 12.8 Å². The number of pyridine rings is 1. The topological polar surface area (TPSA) is 12.9 Å². The normalized spacial score (nSPS) is 25.7. The molecule has 1 aliphatic rings. The Morgan fingerprint density at radius 2 is 1.88 bits per heavy atom. The summed E-state index contributed by atoms with van der Waals surface area (Å²) >= 11 is 0. The maximum atomic E-state index is 4.79. The van der Waals surface area contributed by atoms with Gasteiger partial charge in [-0.1, -0.05) is 32.8 Å². The zero-order valence-electron chi connectivity index (χ0n) is 10.8. The molecule has 0 saturated heterocycles. The van der Waals surface area contributed by atoms with Crippen molar-refractivity contribution < 1.29 is 0 Å². The lowest BCUT2D eigenvalue weighted by atomic mass is 9.81. The lowest BCUT2D eigenvalue weighted by molar-refractivity contribution is 0.344. The Kier molecular flexibility index (Phi) is 3.63. The number of hydrogen-bond donors (Lipinski definition) is 0. The molecule has 0 unspecified atom stereocenters. The van der Waals surface area contributed by atoms with Gasteiger partial charge in [-0.3, -0.25) is 4.98 Å². The quantitative estimate of drug-likeness (QED) is 0.722. The zero-order chi connectivity index (χ0) is 11.5. The van der Waals surface area contributed by atoms with Crippen LogP contribution in [0.3, 0.4) is 0 Å². The van der Waals surface area contributed by atoms with Crippen molar-refractivity contribution in [3.8, 4) is 0 Å². The summed E-state index contributed by atoms with van der Waals surface area (Å²) in [5.74, 6) is 1.65. The van der Waals surface area contributed by atoms with Crippen LogP contribution in [0.15, 0.2) is 12.1 Å². The Morgan fingerprint density at radius 3 is 2.44 bits per heavy atom. The van der Waals surface area contributed by atoms with Crippen molar-refractivity contribution in [1.82, 2.24) is 4.98 Å². The van der Waals surface area contributed by atoms with E-state index in [1.165, 1.54) is 42.6 Å². The van der Waals surface area contributed by atoms with E-state index >= 15 is 0 Å². The maximum absolute atomic E-state index is 4.79. The third-order valence-electron chi connectivity index (χ3n) is 4.03. The first-order chi connectivity index (χ1) is 7.70. The average molecular weight is 217 g/mol. The molecule has 1 heteroatoms. The summed E-state index contributed by atoms with van der Waals surface area (Å²) in [5.41, 5.74) is 3.97. The van der Waals surface area contributed by atoms with E-state index in [2.05, 4.69) is 32.9 Å². The van der Waals surface area contributed by atoms with Gasteiger partial charge >= 0.3 is 0 Å². The first-order valence-corrected chi connectivity index (χ1v) is 6.67. The lowest BCUT2D eigenvalue weighted by Gasteiger charge is -2.26. The molecular weight excluding hydrogens is 194 g/mol. The number of aromatic nitrogens is 1. The standard InChI is InChI=1S/C15H23N/c1-4-13-9-10-15(16-12(13)3)14-7-5-11(2)6-8-14/h9-11,14H,4-8H2,1-3H3. The van der Waals surface area contributed by atoms with Crippen LogP contribution in [0.2, 0.25) is 0 Å². The van der Waals surface area contributed by atoms with E-state index in [0.717, 1.165) is 18.3 Å². The second kappa shape index (κ2) is 4.99. The Morgan fingerprint density at radius 1 is 1.19 bits per heavy atom. The Balaban J connectivity index is 2.12. The molecule has 1 aromatic heterocycles. The van der Waals surface area contributed by atoms with Crippen molar-refractivity contribution in [2.45, 2.75) is 58.8 Å². The third kappa shape index (κ3) is 2.45. The van der Waals surface area contributed by atoms with Gasteiger partial charge in [0.15, 0.2) is 0 Å². The zero-order valence-corrected chi connectivity index (χ0v) is 10.8. The van der Waals surface area contributed by atoms with E-state index in [1.54, 1.807) is 0 Å². The highest BCUT2D eigenvalue weighted by atomic mass is 14.7. The van der Waals surface area contributed by atoms with Crippen molar-refractivity contribution in [1.29, 1.82) is 0 Å². The molecule has 16 heavy (non-hydrogen) atoms. The number of hydrogen-bond acceptors (Lipinski definition) is 1. The number of aryl methyl sites for hydroxylation is 2. The maximum Gasteiger partial charge on any atom is 0.0437 e. The summed E-state index contributed by atoms with van der Waals surface area (Å²) in [4.78, 5) is 4.79. The Labute approximate surface area is 99.3 Å². The molecule has 1 fully saturated rings. The van der Waals surface area contributed by atoms with Crippen LogP contribution in [0.5, 0.6) is 0 Å². The molecule has 0 spiro atoms. The minimum atomic E-state index is 0.723. The molecule has 1 aromatic rings. The number of nitrogens with zero attached hydrogens (tertiary/aromatic N) is 1. The fraction of sp³-hybridized carbons (Fsp3) is 0.667. The van der Waals surface area contributed by atoms with Gasteiger partial charge in [-0.05, 0) is 43.7 Å². The summed E-state index contributed by atoms with van der Waals surface area (Å²) in [5, 5.41) is 0. The Hall–Kier alpha value is -0.850. The van der Waals surface area contributed by atoms with E-state index in [9.17, 15) is 0 Å². The SMILES string of the molecule is CCc1ccc(C2CCC(C)CC2)nc1C. The van der Waals surface area contributed by atoms with Gasteiger partial charge in [-0.15, -0.1) is 0 Å². The predicted molar refractivity (Wildman–Crippen MR) is 68.7 cm³/mol. The monoisotopic (exact) mass is 217 g/mol. The average Bonchev–Trinajstić information content (AvgIpc) is 2.30. The molecule has 0 radical (unpaired) electrons. The van der Waals surface area contributed by atoms with Crippen LogP contribution in [-0.4, -0.2) is 4.98 Å². The van der Waals surface area contributed by atoms with Crippen LogP contribution < -0.4 is 0 Å². The molecule has 1 saturated carbocycles. The van der Waals surface area contributed by atoms with Gasteiger partial charge in [0.2, 0.25) is 0 Å². The highest BCUT2D eigenvalue weighted by Gasteiger charge is 2.20. The van der Waals surface area contributed by atoms with Crippen LogP contribution in [0.25, 0.3) is 0 Å². The minimum absolute atomic E-state index is 0.723. The molecule has 1 heterocycles. The van der Waals surface area contributed by atoms with Crippen molar-refractivity contribution in [3.63, 3.8) is 0 Å². The summed E-state index contributed by atoms with van der Waals surface area (Å²) in [6, 6.07) is 4.53. The van der Waals surface area contributed by atoms with Crippen LogP contribution >= 0.6 is 0 Å². The highest BCUT2D eigenvalue weighted by Crippen LogP contribution is 2.34. The second-order valence-electron chi connectivity index (χ2n) is 5.29. The molecule has 1 nitrogen and oxygen atoms in total. The van der Waals surface area contributed by atoms with Gasteiger partial charge in [0.25, 0.3) is 0 Å². The third-order valence-corrected chi connectivity index (χ3v) is 4.03. The molecule has 0 bridgehead atoms. The largest absolute Gasteiger partial charge is 0.258 e. The van der Waals surface area contributed by atoms with Gasteiger partial charge in [-0.2, -0.15) is 0 Å². The molecule has 88 valence electrons. The van der Waals surface area contributed by atoms with Crippen LogP contribution in [0.1, 0.15) is 62.4 Å². The predicted octanol–water partition coefficient (Wildman–Crippen LogP) is 4.25. The van der Waals surface area contributed by atoms with E-state index in [4.69, 9.17) is 4.98 Å². The molecule has 0 aromatic carbocycles. The molecule has 0 atom stereocenters. The fourth-order valence-corrected chi connectivity index (χ4v) is 2.77. The van der Waals surface area contributed by atoms with Gasteiger partial charge in [0.1, 0.15) is 0 Å². The summed E-state index contributed by atoms with van der Waals surface area (Å²) in [6.45, 7) is 6.72. The molecule has 1 aliphatic carbocycles. The van der Waals surface area contributed by atoms with Gasteiger partial charge in [-0.25, -0.2) is 0 Å². The molecular formula is C15H23N. The fourth-order valence-electron chi connectivity index (χ4n) is 2.77. The lowest BCUT2D eigenvalue weighted by Crippen LogP contribution is -2.12. The second-order valence-corrected chi connectivity index (χ2v) is 5.29. The van der Waals surface area contributed by atoms with E-state index in [0.29, 0.717) is 0 Å². The number of rotatable bonds is 2. The van der Waals surface area contributed by atoms with Crippen LogP contribution in [0.4, 0.5) is 0 Å². The van der Waals surface area contributed by atoms with Crippen molar-refractivity contribution >= 4 is 0 Å². The van der Waals surface area contributed by atoms with E-state index in [1.807, 2.05) is 0 Å². The summed E-state index contributed by atoms with van der Waals surface area (Å²) < 4.78 is 0. The van der Waals surface area contributed by atoms with Crippen molar-refractivity contribution in [3.05, 3.63) is 29.1 Å². The van der Waals surface area contributed by atoms with E-state index in [-0.39, 0.29) is 0 Å². The van der Waals surface area contributed by atoms with Crippen LogP contribution in [-0.2, 0) is 6.42 Å². The van der Waals surface area contributed by atoms with Gasteiger partial charge < -0.3 is 0 Å². The van der Waals surface area contributed by atoms with E-state index < -0.39 is 0 Å². The minimum Gasteiger partial charge on any atom is -0.258 e. The molecule has 0 amide bonds. The first-order valence-electron chi connectivity index (χ1n) is 6.67. The summed E-state index contributed by atoms with van der Waals surface area (Å²) in [7, 11) is 0. The molecule has 0 aliphatic heterocycles. The first kappa shape index (κ1) is 11.6. The Bertz CT molecular complexity index is 348.